The van der Waals surface area contributed by atoms with Crippen LogP contribution < -0.4 is 0 Å². The number of carbonyl (C=O) groups excluding carboxylic acids is 1. The zero-order valence-electron chi connectivity index (χ0n) is 14.7. The molecule has 0 unspecified atom stereocenters. The Bertz CT molecular complexity index is 412. The molecule has 0 heterocycles. The third-order valence-corrected chi connectivity index (χ3v) is 3.34. The molecular formula is C21H32O2. The maximum atomic E-state index is 10.9. The number of carbonyl (C=O) groups is 1. The fourth-order valence-electron chi connectivity index (χ4n) is 2.01. The minimum Gasteiger partial charge on any atom is -0.469 e. The monoisotopic (exact) mass is 316 g/mol. The minimum atomic E-state index is -0.0909. The van der Waals surface area contributed by atoms with Crippen molar-refractivity contribution in [3.63, 3.8) is 0 Å². The summed E-state index contributed by atoms with van der Waals surface area (Å²) in [5.74, 6) is -0.0909. The van der Waals surface area contributed by atoms with Crippen molar-refractivity contribution >= 4 is 5.97 Å². The molecule has 0 rings (SSSR count). The van der Waals surface area contributed by atoms with E-state index < -0.39 is 0 Å². The summed E-state index contributed by atoms with van der Waals surface area (Å²) in [6.45, 7) is 2.00. The summed E-state index contributed by atoms with van der Waals surface area (Å²) in [4.78, 5) is 10.9. The van der Waals surface area contributed by atoms with Crippen LogP contribution in [0.25, 0.3) is 0 Å². The van der Waals surface area contributed by atoms with Gasteiger partial charge in [-0.2, -0.15) is 0 Å². The molecule has 0 aliphatic rings. The van der Waals surface area contributed by atoms with E-state index in [1.807, 2.05) is 49.5 Å². The lowest BCUT2D eigenvalue weighted by atomic mass is 10.1. The predicted molar refractivity (Wildman–Crippen MR) is 100 cm³/mol. The molecule has 2 nitrogen and oxygen atoms in total. The Morgan fingerprint density at radius 3 is 1.87 bits per heavy atom. The van der Waals surface area contributed by atoms with Crippen LogP contribution in [0.4, 0.5) is 0 Å². The smallest absolute Gasteiger partial charge is 0.305 e. The standard InChI is InChI=1S/C21H32O2/c1-3-4-5-6-7-8-9-10-11-12-13-14-15-16-17-18-19-20-21(22)23-2/h3-12H,13-20H2,1-2H3/b4-3+,6-5+,8-7+,10-9-,12-11-. The number of rotatable bonds is 13. The Morgan fingerprint density at radius 1 is 0.739 bits per heavy atom. The molecule has 0 aliphatic heterocycles. The highest BCUT2D eigenvalue weighted by atomic mass is 16.5. The first kappa shape index (κ1) is 21.2. The highest BCUT2D eigenvalue weighted by molar-refractivity contribution is 5.68. The van der Waals surface area contributed by atoms with Gasteiger partial charge in [-0.3, -0.25) is 4.79 Å². The van der Waals surface area contributed by atoms with Crippen LogP contribution in [-0.4, -0.2) is 13.1 Å². The fraction of sp³-hybridized carbons (Fsp3) is 0.476. The molecule has 0 saturated carbocycles. The number of hydrogen-bond acceptors (Lipinski definition) is 2. The van der Waals surface area contributed by atoms with E-state index in [0.29, 0.717) is 6.42 Å². The van der Waals surface area contributed by atoms with Gasteiger partial charge in [0.05, 0.1) is 7.11 Å². The number of hydrogen-bond donors (Lipinski definition) is 0. The van der Waals surface area contributed by atoms with Gasteiger partial charge in [0.25, 0.3) is 0 Å². The van der Waals surface area contributed by atoms with Crippen molar-refractivity contribution in [1.29, 1.82) is 0 Å². The van der Waals surface area contributed by atoms with Crippen LogP contribution in [0.3, 0.4) is 0 Å². The molecule has 128 valence electrons. The van der Waals surface area contributed by atoms with Gasteiger partial charge < -0.3 is 4.74 Å². The summed E-state index contributed by atoms with van der Waals surface area (Å²) in [6.07, 6.45) is 29.3. The molecule has 0 amide bonds. The average molecular weight is 316 g/mol. The second-order valence-electron chi connectivity index (χ2n) is 5.34. The largest absolute Gasteiger partial charge is 0.469 e. The fourth-order valence-corrected chi connectivity index (χ4v) is 2.01. The number of ether oxygens (including phenoxy) is 1. The zero-order chi connectivity index (χ0) is 17.0. The summed E-state index contributed by atoms with van der Waals surface area (Å²) >= 11 is 0. The Kier molecular flexibility index (Phi) is 16.8. The molecule has 23 heavy (non-hydrogen) atoms. The maximum absolute atomic E-state index is 10.9. The first-order chi connectivity index (χ1) is 11.3. The first-order valence-corrected chi connectivity index (χ1v) is 8.66. The second-order valence-corrected chi connectivity index (χ2v) is 5.34. The molecule has 0 aliphatic carbocycles. The number of methoxy groups -OCH3 is 1. The van der Waals surface area contributed by atoms with Crippen LogP contribution in [0.2, 0.25) is 0 Å². The molecule has 0 fully saturated rings. The van der Waals surface area contributed by atoms with Gasteiger partial charge in [0.15, 0.2) is 0 Å². The van der Waals surface area contributed by atoms with E-state index in [1.165, 1.54) is 32.8 Å². The van der Waals surface area contributed by atoms with Gasteiger partial charge >= 0.3 is 5.97 Å². The lowest BCUT2D eigenvalue weighted by Crippen LogP contribution is -1.99. The summed E-state index contributed by atoms with van der Waals surface area (Å²) < 4.78 is 4.62. The predicted octanol–water partition coefficient (Wildman–Crippen LogP) is 6.08. The Hall–Kier alpha value is -1.83. The van der Waals surface area contributed by atoms with E-state index in [4.69, 9.17) is 0 Å². The lowest BCUT2D eigenvalue weighted by molar-refractivity contribution is -0.140. The summed E-state index contributed by atoms with van der Waals surface area (Å²) in [5.41, 5.74) is 0. The molecular weight excluding hydrogens is 284 g/mol. The maximum Gasteiger partial charge on any atom is 0.305 e. The van der Waals surface area contributed by atoms with E-state index in [1.54, 1.807) is 0 Å². The molecule has 0 aromatic carbocycles. The third-order valence-electron chi connectivity index (χ3n) is 3.34. The van der Waals surface area contributed by atoms with Crippen molar-refractivity contribution in [3.05, 3.63) is 60.8 Å². The SMILES string of the molecule is C/C=C/C=C/C=C/C=C\C=C/CCCCCCCCC(=O)OC. The van der Waals surface area contributed by atoms with E-state index in [-0.39, 0.29) is 5.97 Å². The summed E-state index contributed by atoms with van der Waals surface area (Å²) in [5, 5.41) is 0. The van der Waals surface area contributed by atoms with Gasteiger partial charge in [-0.25, -0.2) is 0 Å². The second kappa shape index (κ2) is 18.2. The van der Waals surface area contributed by atoms with Crippen molar-refractivity contribution in [3.8, 4) is 0 Å². The van der Waals surface area contributed by atoms with E-state index >= 15 is 0 Å². The number of unbranched alkanes of at least 4 members (excludes halogenated alkanes) is 6. The topological polar surface area (TPSA) is 26.3 Å². The zero-order valence-corrected chi connectivity index (χ0v) is 14.7. The molecule has 0 radical (unpaired) electrons. The Morgan fingerprint density at radius 2 is 1.26 bits per heavy atom. The van der Waals surface area contributed by atoms with Crippen LogP contribution >= 0.6 is 0 Å². The molecule has 0 aromatic heterocycles. The Balaban J connectivity index is 3.39. The van der Waals surface area contributed by atoms with Crippen LogP contribution in [-0.2, 0) is 9.53 Å². The van der Waals surface area contributed by atoms with Crippen molar-refractivity contribution in [1.82, 2.24) is 0 Å². The van der Waals surface area contributed by atoms with E-state index in [2.05, 4.69) is 23.0 Å². The van der Waals surface area contributed by atoms with Crippen LogP contribution in [0.5, 0.6) is 0 Å². The van der Waals surface area contributed by atoms with Crippen LogP contribution in [0, 0.1) is 0 Å². The first-order valence-electron chi connectivity index (χ1n) is 8.66. The third kappa shape index (κ3) is 18.1. The molecule has 0 spiro atoms. The minimum absolute atomic E-state index is 0.0909. The molecule has 2 heteroatoms. The Labute approximate surface area is 142 Å². The van der Waals surface area contributed by atoms with Gasteiger partial charge in [0, 0.05) is 6.42 Å². The van der Waals surface area contributed by atoms with Crippen LogP contribution in [0.1, 0.15) is 58.3 Å². The van der Waals surface area contributed by atoms with Crippen molar-refractivity contribution in [2.45, 2.75) is 58.3 Å². The van der Waals surface area contributed by atoms with E-state index in [0.717, 1.165) is 19.3 Å². The molecule has 0 N–H and O–H groups in total. The number of allylic oxidation sites excluding steroid dienone is 10. The van der Waals surface area contributed by atoms with Crippen molar-refractivity contribution < 1.29 is 9.53 Å². The molecule has 0 aromatic rings. The molecule has 0 bridgehead atoms. The van der Waals surface area contributed by atoms with Gasteiger partial charge in [-0.05, 0) is 26.2 Å². The highest BCUT2D eigenvalue weighted by Gasteiger charge is 1.98. The normalized spacial score (nSPS) is 12.6. The molecule has 0 saturated heterocycles. The lowest BCUT2D eigenvalue weighted by Gasteiger charge is -2.00. The summed E-state index contributed by atoms with van der Waals surface area (Å²) in [6, 6.07) is 0. The number of esters is 1. The molecule has 0 atom stereocenters. The van der Waals surface area contributed by atoms with Gasteiger partial charge in [0.2, 0.25) is 0 Å². The highest BCUT2D eigenvalue weighted by Crippen LogP contribution is 2.09. The van der Waals surface area contributed by atoms with Crippen molar-refractivity contribution in [2.24, 2.45) is 0 Å². The van der Waals surface area contributed by atoms with Gasteiger partial charge in [0.1, 0.15) is 0 Å². The van der Waals surface area contributed by atoms with Crippen molar-refractivity contribution in [2.75, 3.05) is 7.11 Å². The van der Waals surface area contributed by atoms with Gasteiger partial charge in [-0.15, -0.1) is 0 Å². The average Bonchev–Trinajstić information content (AvgIpc) is 2.57. The van der Waals surface area contributed by atoms with Crippen LogP contribution in [0.15, 0.2) is 60.8 Å². The summed E-state index contributed by atoms with van der Waals surface area (Å²) in [7, 11) is 1.45. The van der Waals surface area contributed by atoms with E-state index in [9.17, 15) is 4.79 Å². The quantitative estimate of drug-likeness (QED) is 0.234. The van der Waals surface area contributed by atoms with Gasteiger partial charge in [-0.1, -0.05) is 86.4 Å².